The van der Waals surface area contributed by atoms with Crippen molar-refractivity contribution in [3.63, 3.8) is 0 Å². The van der Waals surface area contributed by atoms with Gasteiger partial charge in [-0.25, -0.2) is 0 Å². The summed E-state index contributed by atoms with van der Waals surface area (Å²) in [6, 6.07) is 65.5. The molecule has 130 heavy (non-hydrogen) atoms. The summed E-state index contributed by atoms with van der Waals surface area (Å²) in [4.78, 5) is 105. The fourth-order valence-corrected chi connectivity index (χ4v) is 17.6. The van der Waals surface area contributed by atoms with Crippen LogP contribution < -0.4 is 56.0 Å². The van der Waals surface area contributed by atoms with Crippen LogP contribution in [0.1, 0.15) is 119 Å². The predicted octanol–water partition coefficient (Wildman–Crippen LogP) is 17.1. The average molecular weight is 2000 g/mol. The molecule has 9 aromatic carbocycles. The minimum absolute atomic E-state index is 0. The summed E-state index contributed by atoms with van der Waals surface area (Å²) < 4.78 is 14.0. The molecule has 0 radical (unpaired) electrons. The van der Waals surface area contributed by atoms with Gasteiger partial charge in [-0.05, 0) is 212 Å². The zero-order chi connectivity index (χ0) is 90.3. The Balaban J connectivity index is 0.000000164. The van der Waals surface area contributed by atoms with Crippen molar-refractivity contribution < 1.29 is 58.8 Å². The Hall–Kier alpha value is -11.3. The van der Waals surface area contributed by atoms with Crippen molar-refractivity contribution in [1.82, 2.24) is 30.2 Å². The first-order chi connectivity index (χ1) is 62.1. The molecule has 28 nitrogen and oxygen atoms in total. The minimum Gasteiger partial charge on any atom is -0.397 e. The quantitative estimate of drug-likeness (QED) is 0.0230. The number of hydrogen-bond donors (Lipinski definition) is 4. The molecule has 9 saturated heterocycles. The van der Waals surface area contributed by atoms with Crippen molar-refractivity contribution in [3.05, 3.63) is 287 Å². The summed E-state index contributed by atoms with van der Waals surface area (Å²) >= 11 is 6.33. The number of nitro groups is 3. The van der Waals surface area contributed by atoms with Crippen molar-refractivity contribution >= 4 is 124 Å². The maximum absolute atomic E-state index is 12.7. The number of hydrogen-bond acceptors (Lipinski definition) is 21. The van der Waals surface area contributed by atoms with Crippen LogP contribution in [0, 0.1) is 43.6 Å². The predicted molar refractivity (Wildman–Crippen MR) is 524 cm³/mol. The molecule has 5 N–H and O–H groups in total. The molecule has 0 saturated carbocycles. The van der Waals surface area contributed by atoms with E-state index in [-0.39, 0.29) is 72.7 Å². The van der Waals surface area contributed by atoms with E-state index in [1.807, 2.05) is 165 Å². The van der Waals surface area contributed by atoms with Crippen molar-refractivity contribution in [2.45, 2.75) is 84.1 Å². The number of piperazine rings is 4. The topological polar surface area (TPSA) is 295 Å². The standard InChI is InChI=1S/C24H32N4O.C21H24N4O3.C21H26N4O.C11H14N2O.C10H11BrN2O2.C6H3BrFNO2.C4H9N.CH3.Pd/c1-19(2)25-22-11-10-21(18-23(22)27-12-6-7-13-27)26-14-16-28(17-15-26)24(29)20-8-4-3-5-9-20;26-21(17-6-2-1-3-7-17)24-14-12-22(13-15-24)18-8-9-19(25(27)28)20(16-18)23-10-4-5-11-23;22-19-9-8-18(16-20(19)24-10-4-5-11-24)23-12-14-25(15-13-23)21(26)17-6-2-1-3-7-17;14-11(10-4-2-1-3-5-10)13-8-6-12-7-9-13;11-8-3-4-9(13(14)15)10(7-8)12-5-1-2-6-12;7-4-1-2-6(9(10)11)5(8)3-4;1-2-4-5-3-1;;/h3-5,8-11,18-19,25H,6-7,12-17H2,1-2H3;1-3,6-9,16H,4-5,10-15H2;1-3,6-9,16H,4-5,10-15,22H2;1-5,12H,6-9H2;3-4,7H,1-2,5-6H2;1-3H;5H,1-4H2;1H3;/q;;;;;;;-1;. The van der Waals surface area contributed by atoms with Gasteiger partial charge < -0.3 is 83.0 Å². The van der Waals surface area contributed by atoms with Gasteiger partial charge >= 0.3 is 5.69 Å². The fourth-order valence-electron chi connectivity index (χ4n) is 16.9. The monoisotopic (exact) mass is 1990 g/mol. The van der Waals surface area contributed by atoms with Crippen molar-refractivity contribution in [1.29, 1.82) is 0 Å². The van der Waals surface area contributed by atoms with Gasteiger partial charge in [0, 0.05) is 250 Å². The van der Waals surface area contributed by atoms with Gasteiger partial charge in [-0.15, -0.1) is 0 Å². The summed E-state index contributed by atoms with van der Waals surface area (Å²) in [5.74, 6) is -0.363. The second-order valence-corrected chi connectivity index (χ2v) is 34.8. The number of benzene rings is 9. The molecule has 0 spiro atoms. The SMILES string of the molecule is C1CCNC1.CC(C)Nc1ccc(N2CCN(C(=O)c3ccccc3)CC2)cc1N1CCCC1.Nc1ccc(N2CCN(C(=O)c3ccccc3)CC2)cc1N1CCCC1.O=C(c1ccccc1)N1CCN(c2ccc([N+](=O)[O-])c(N3CCCC3)c2)CC1.O=C(c1ccccc1)N1CCNCC1.O=[N+]([O-])c1ccc(Br)cc1F.O=[N+]([O-])c1ccc(Br)cc1N1CCCC1.[CH3-].[Pd]. The second kappa shape index (κ2) is 51.4. The van der Waals surface area contributed by atoms with E-state index in [0.29, 0.717) is 34.9 Å². The first-order valence-corrected chi connectivity index (χ1v) is 46.4. The van der Waals surface area contributed by atoms with Crippen LogP contribution in [0.2, 0.25) is 0 Å². The van der Waals surface area contributed by atoms with E-state index in [9.17, 15) is 53.9 Å². The number of halogens is 3. The van der Waals surface area contributed by atoms with Gasteiger partial charge in [0.15, 0.2) is 0 Å². The molecule has 0 atom stereocenters. The number of amides is 4. The van der Waals surface area contributed by atoms with E-state index in [1.165, 1.54) is 80.4 Å². The summed E-state index contributed by atoms with van der Waals surface area (Å²) in [6.07, 6.45) is 12.2. The van der Waals surface area contributed by atoms with Gasteiger partial charge in [0.05, 0.1) is 37.5 Å². The number of nitro benzene ring substituents is 3. The van der Waals surface area contributed by atoms with E-state index in [2.05, 4.69) is 126 Å². The Bertz CT molecular complexity index is 5100. The molecule has 0 aliphatic carbocycles. The molecule has 9 heterocycles. The molecule has 0 bridgehead atoms. The second-order valence-electron chi connectivity index (χ2n) is 33.0. The Labute approximate surface area is 794 Å². The zero-order valence-corrected chi connectivity index (χ0v) is 79.3. The van der Waals surface area contributed by atoms with Gasteiger partial charge in [0.1, 0.15) is 11.4 Å². The summed E-state index contributed by atoms with van der Waals surface area (Å²) in [5.41, 5.74) is 18.6. The number of nitrogens with one attached hydrogen (secondary N) is 3. The molecule has 0 aromatic heterocycles. The first kappa shape index (κ1) is 101. The number of nitrogens with zero attached hydrogens (tertiary/aromatic N) is 14. The van der Waals surface area contributed by atoms with Gasteiger partial charge in [-0.3, -0.25) is 49.5 Å². The van der Waals surface area contributed by atoms with Crippen molar-refractivity contribution in [2.24, 2.45) is 0 Å². The maximum atomic E-state index is 12.7. The molecule has 0 unspecified atom stereocenters. The van der Waals surface area contributed by atoms with Crippen molar-refractivity contribution in [2.75, 3.05) is 216 Å². The van der Waals surface area contributed by atoms with E-state index in [1.54, 1.807) is 18.2 Å². The first-order valence-electron chi connectivity index (χ1n) is 44.8. The normalized spacial score (nSPS) is 16.4. The summed E-state index contributed by atoms with van der Waals surface area (Å²) in [6.45, 7) is 27.5. The number of nitrogen functional groups attached to an aromatic ring is 1. The maximum Gasteiger partial charge on any atom is 0.304 e. The molecule has 9 fully saturated rings. The molecule has 4 amide bonds. The van der Waals surface area contributed by atoms with Gasteiger partial charge in [0.25, 0.3) is 35.0 Å². The number of rotatable bonds is 16. The number of nitrogens with two attached hydrogens (primary N) is 1. The van der Waals surface area contributed by atoms with Crippen LogP contribution in [0.25, 0.3) is 0 Å². The Morgan fingerprint density at radius 3 is 0.985 bits per heavy atom. The third-order valence-corrected chi connectivity index (χ3v) is 24.8. The molecule has 32 heteroatoms. The van der Waals surface area contributed by atoms with E-state index >= 15 is 0 Å². The van der Waals surface area contributed by atoms with Gasteiger partial charge in [-0.1, -0.05) is 105 Å². The molecule has 9 aromatic rings. The van der Waals surface area contributed by atoms with E-state index in [4.69, 9.17) is 5.73 Å². The summed E-state index contributed by atoms with van der Waals surface area (Å²) in [5, 5.41) is 42.4. The zero-order valence-electron chi connectivity index (χ0n) is 74.6. The van der Waals surface area contributed by atoms with E-state index in [0.717, 1.165) is 226 Å². The van der Waals surface area contributed by atoms with Gasteiger partial charge in [0.2, 0.25) is 5.82 Å². The molecular formula is C98H122Br2FN18O10Pd-. The summed E-state index contributed by atoms with van der Waals surface area (Å²) in [7, 11) is 0. The van der Waals surface area contributed by atoms with Crippen LogP contribution in [0.15, 0.2) is 221 Å². The number of anilines is 9. The molecule has 9 aliphatic rings. The van der Waals surface area contributed by atoms with Gasteiger partial charge in [-0.2, -0.15) is 4.39 Å². The minimum atomic E-state index is -0.829. The van der Waals surface area contributed by atoms with Crippen LogP contribution >= 0.6 is 31.9 Å². The average Bonchev–Trinajstić information content (AvgIpc) is 1.44. The molecule has 696 valence electrons. The Morgan fingerprint density at radius 2 is 0.638 bits per heavy atom. The van der Waals surface area contributed by atoms with Crippen LogP contribution in [0.5, 0.6) is 0 Å². The van der Waals surface area contributed by atoms with Crippen LogP contribution in [-0.2, 0) is 20.4 Å². The fraction of sp³-hybridized carbons (Fsp3) is 0.398. The van der Waals surface area contributed by atoms with Crippen LogP contribution in [0.3, 0.4) is 0 Å². The molecular weight excluding hydrogens is 1870 g/mol. The Kier molecular flexibility index (Phi) is 39.9. The third kappa shape index (κ3) is 28.9. The Morgan fingerprint density at radius 1 is 0.346 bits per heavy atom. The smallest absolute Gasteiger partial charge is 0.304 e. The van der Waals surface area contributed by atoms with Crippen LogP contribution in [0.4, 0.5) is 72.6 Å². The van der Waals surface area contributed by atoms with Crippen molar-refractivity contribution in [3.8, 4) is 0 Å². The van der Waals surface area contributed by atoms with Crippen LogP contribution in [-0.4, -0.2) is 234 Å². The molecule has 9 aliphatic heterocycles. The molecule has 18 rings (SSSR count). The number of carbonyl (C=O) groups is 4. The number of carbonyl (C=O) groups excluding carboxylic acids is 4. The third-order valence-electron chi connectivity index (χ3n) is 23.9. The largest absolute Gasteiger partial charge is 0.397 e. The van der Waals surface area contributed by atoms with E-state index < -0.39 is 16.4 Å².